The Bertz CT molecular complexity index is 418. The summed E-state index contributed by atoms with van der Waals surface area (Å²) >= 11 is 0. The topological polar surface area (TPSA) is 26.0 Å². The molecule has 71 valence electrons. The summed E-state index contributed by atoms with van der Waals surface area (Å²) < 4.78 is 5.22. The van der Waals surface area contributed by atoms with E-state index in [0.29, 0.717) is 5.89 Å². The fourth-order valence-electron chi connectivity index (χ4n) is 1.48. The smallest absolute Gasteiger partial charge is 0.225 e. The monoisotopic (exact) mass is 186 g/mol. The molecule has 0 bridgehead atoms. The van der Waals surface area contributed by atoms with Crippen LogP contribution in [0, 0.1) is 13.8 Å². The molecule has 1 heterocycles. The summed E-state index contributed by atoms with van der Waals surface area (Å²) in [5, 5.41) is 0. The minimum Gasteiger partial charge on any atom is -0.445 e. The lowest BCUT2D eigenvalue weighted by Gasteiger charge is -2.03. The Hall–Kier alpha value is -1.57. The van der Waals surface area contributed by atoms with Crippen LogP contribution in [0.1, 0.15) is 11.1 Å². The number of benzene rings is 1. The zero-order valence-corrected chi connectivity index (χ0v) is 8.16. The molecular formula is C12H12NO. The van der Waals surface area contributed by atoms with Crippen LogP contribution in [0.2, 0.25) is 0 Å². The lowest BCUT2D eigenvalue weighted by molar-refractivity contribution is 0.574. The van der Waals surface area contributed by atoms with Crippen LogP contribution in [-0.2, 0) is 6.42 Å². The number of oxazole rings is 1. The van der Waals surface area contributed by atoms with Crippen molar-refractivity contribution in [2.45, 2.75) is 13.3 Å². The van der Waals surface area contributed by atoms with Crippen molar-refractivity contribution in [1.29, 1.82) is 0 Å². The lowest BCUT2D eigenvalue weighted by Crippen LogP contribution is -1.87. The van der Waals surface area contributed by atoms with Gasteiger partial charge in [-0.3, -0.25) is 0 Å². The fraction of sp³-hybridized carbons (Fsp3) is 0.167. The molecule has 0 spiro atoms. The summed E-state index contributed by atoms with van der Waals surface area (Å²) in [6.45, 7) is 5.95. The fourth-order valence-corrected chi connectivity index (χ4v) is 1.48. The summed E-state index contributed by atoms with van der Waals surface area (Å²) in [5.74, 6) is 0.670. The molecule has 0 amide bonds. The minimum absolute atomic E-state index is 0.670. The molecule has 2 rings (SSSR count). The normalized spacial score (nSPS) is 10.4. The van der Waals surface area contributed by atoms with Gasteiger partial charge in [0.2, 0.25) is 5.89 Å². The van der Waals surface area contributed by atoms with Crippen molar-refractivity contribution in [1.82, 2.24) is 4.98 Å². The summed E-state index contributed by atoms with van der Waals surface area (Å²) in [6.07, 6.45) is 4.05. The predicted octanol–water partition coefficient (Wildman–Crippen LogP) is 3.03. The van der Waals surface area contributed by atoms with Gasteiger partial charge in [-0.05, 0) is 43.5 Å². The molecule has 2 aromatic rings. The maximum absolute atomic E-state index is 5.22. The third-order valence-electron chi connectivity index (χ3n) is 2.29. The minimum atomic E-state index is 0.670. The molecule has 1 aromatic heterocycles. The Morgan fingerprint density at radius 1 is 1.43 bits per heavy atom. The van der Waals surface area contributed by atoms with Gasteiger partial charge in [0, 0.05) is 5.56 Å². The van der Waals surface area contributed by atoms with Gasteiger partial charge in [0.05, 0.1) is 6.20 Å². The van der Waals surface area contributed by atoms with Crippen molar-refractivity contribution in [2.75, 3.05) is 0 Å². The van der Waals surface area contributed by atoms with Gasteiger partial charge in [0.25, 0.3) is 0 Å². The second-order valence-electron chi connectivity index (χ2n) is 3.23. The quantitative estimate of drug-likeness (QED) is 0.720. The maximum atomic E-state index is 5.22. The van der Waals surface area contributed by atoms with Gasteiger partial charge in [-0.1, -0.05) is 6.07 Å². The molecule has 1 radical (unpaired) electrons. The first-order valence-electron chi connectivity index (χ1n) is 4.60. The zero-order chi connectivity index (χ0) is 9.97. The first-order valence-corrected chi connectivity index (χ1v) is 4.60. The van der Waals surface area contributed by atoms with E-state index in [1.54, 1.807) is 12.5 Å². The van der Waals surface area contributed by atoms with Gasteiger partial charge >= 0.3 is 0 Å². The van der Waals surface area contributed by atoms with Gasteiger partial charge < -0.3 is 4.42 Å². The third kappa shape index (κ3) is 1.55. The Balaban J connectivity index is 2.43. The Labute approximate surface area is 83.6 Å². The van der Waals surface area contributed by atoms with Crippen LogP contribution in [-0.4, -0.2) is 4.98 Å². The number of hydrogen-bond acceptors (Lipinski definition) is 2. The number of hydrogen-bond donors (Lipinski definition) is 0. The largest absolute Gasteiger partial charge is 0.445 e. The van der Waals surface area contributed by atoms with Gasteiger partial charge in [-0.15, -0.1) is 0 Å². The molecule has 0 fully saturated rings. The average Bonchev–Trinajstić information content (AvgIpc) is 2.70. The number of aromatic nitrogens is 1. The number of nitrogens with zero attached hydrogens (tertiary/aromatic N) is 1. The van der Waals surface area contributed by atoms with Crippen LogP contribution in [0.15, 0.2) is 35.1 Å². The molecular weight excluding hydrogens is 174 g/mol. The van der Waals surface area contributed by atoms with Crippen LogP contribution in [0.5, 0.6) is 0 Å². The second kappa shape index (κ2) is 3.66. The summed E-state index contributed by atoms with van der Waals surface area (Å²) in [5.41, 5.74) is 3.51. The van der Waals surface area contributed by atoms with Gasteiger partial charge in [-0.2, -0.15) is 0 Å². The molecule has 0 saturated carbocycles. The second-order valence-corrected chi connectivity index (χ2v) is 3.23. The highest BCUT2D eigenvalue weighted by molar-refractivity contribution is 5.55. The van der Waals surface area contributed by atoms with Crippen LogP contribution in [0.25, 0.3) is 11.5 Å². The SMILES string of the molecule is [CH2]Cc1ccc(-c2ncco2)cc1C. The summed E-state index contributed by atoms with van der Waals surface area (Å²) in [4.78, 5) is 4.10. The molecule has 2 heteroatoms. The van der Waals surface area contributed by atoms with E-state index < -0.39 is 0 Å². The van der Waals surface area contributed by atoms with Crippen molar-refractivity contribution in [3.63, 3.8) is 0 Å². The van der Waals surface area contributed by atoms with Gasteiger partial charge in [0.1, 0.15) is 6.26 Å². The van der Waals surface area contributed by atoms with E-state index in [0.717, 1.165) is 12.0 Å². The molecule has 0 atom stereocenters. The highest BCUT2D eigenvalue weighted by atomic mass is 16.3. The Morgan fingerprint density at radius 3 is 2.86 bits per heavy atom. The molecule has 14 heavy (non-hydrogen) atoms. The van der Waals surface area contributed by atoms with E-state index >= 15 is 0 Å². The standard InChI is InChI=1S/C12H12NO/c1-3-10-4-5-11(8-9(10)2)12-13-6-7-14-12/h4-8H,1,3H2,2H3. The van der Waals surface area contributed by atoms with Crippen molar-refractivity contribution in [2.24, 2.45) is 0 Å². The predicted molar refractivity (Wildman–Crippen MR) is 55.7 cm³/mol. The molecule has 0 aliphatic carbocycles. The third-order valence-corrected chi connectivity index (χ3v) is 2.29. The lowest BCUT2D eigenvalue weighted by atomic mass is 10.0. The first-order chi connectivity index (χ1) is 6.81. The van der Waals surface area contributed by atoms with Crippen molar-refractivity contribution in [3.05, 3.63) is 48.7 Å². The first kappa shape index (κ1) is 9.00. The zero-order valence-electron chi connectivity index (χ0n) is 8.16. The van der Waals surface area contributed by atoms with E-state index in [4.69, 9.17) is 4.42 Å². The van der Waals surface area contributed by atoms with Crippen LogP contribution >= 0.6 is 0 Å². The van der Waals surface area contributed by atoms with E-state index in [-0.39, 0.29) is 0 Å². The van der Waals surface area contributed by atoms with E-state index in [1.165, 1.54) is 11.1 Å². The van der Waals surface area contributed by atoms with Gasteiger partial charge in [0.15, 0.2) is 0 Å². The summed E-state index contributed by atoms with van der Waals surface area (Å²) in [6, 6.07) is 6.16. The van der Waals surface area contributed by atoms with E-state index in [2.05, 4.69) is 31.0 Å². The molecule has 0 aliphatic heterocycles. The molecule has 0 unspecified atom stereocenters. The van der Waals surface area contributed by atoms with Crippen LogP contribution < -0.4 is 0 Å². The van der Waals surface area contributed by atoms with Crippen LogP contribution in [0.4, 0.5) is 0 Å². The number of aryl methyl sites for hydroxylation is 1. The highest BCUT2D eigenvalue weighted by Crippen LogP contribution is 2.20. The Kier molecular flexibility index (Phi) is 2.35. The van der Waals surface area contributed by atoms with Crippen LogP contribution in [0.3, 0.4) is 0 Å². The summed E-state index contributed by atoms with van der Waals surface area (Å²) in [7, 11) is 0. The van der Waals surface area contributed by atoms with E-state index in [9.17, 15) is 0 Å². The van der Waals surface area contributed by atoms with Crippen molar-refractivity contribution >= 4 is 0 Å². The Morgan fingerprint density at radius 2 is 2.29 bits per heavy atom. The molecule has 1 aromatic carbocycles. The molecule has 0 saturated heterocycles. The van der Waals surface area contributed by atoms with Gasteiger partial charge in [-0.25, -0.2) is 4.98 Å². The van der Waals surface area contributed by atoms with E-state index in [1.807, 2.05) is 6.07 Å². The highest BCUT2D eigenvalue weighted by Gasteiger charge is 2.03. The molecule has 0 aliphatic rings. The molecule has 2 nitrogen and oxygen atoms in total. The average molecular weight is 186 g/mol. The number of rotatable bonds is 2. The maximum Gasteiger partial charge on any atom is 0.225 e. The molecule has 0 N–H and O–H groups in total. The van der Waals surface area contributed by atoms with Crippen molar-refractivity contribution in [3.8, 4) is 11.5 Å². The van der Waals surface area contributed by atoms with Crippen molar-refractivity contribution < 1.29 is 4.42 Å².